The fourth-order valence-corrected chi connectivity index (χ4v) is 6.19. The van der Waals surface area contributed by atoms with E-state index in [1.165, 1.54) is 16.7 Å². The lowest BCUT2D eigenvalue weighted by atomic mass is 9.84. The highest BCUT2D eigenvalue weighted by Crippen LogP contribution is 2.54. The molecule has 0 atom stereocenters. The normalized spacial score (nSPS) is 20.0. The van der Waals surface area contributed by atoms with Crippen LogP contribution < -0.4 is 0 Å². The fourth-order valence-electron chi connectivity index (χ4n) is 3.57. The monoisotopic (exact) mass is 364 g/mol. The number of alkyl halides is 1. The second kappa shape index (κ2) is 7.27. The molecule has 3 aromatic rings. The van der Waals surface area contributed by atoms with Gasteiger partial charge >= 0.3 is 0 Å². The van der Waals surface area contributed by atoms with Gasteiger partial charge < -0.3 is 0 Å². The first-order valence-electron chi connectivity index (χ1n) is 8.77. The van der Waals surface area contributed by atoms with Gasteiger partial charge in [0, 0.05) is 10.6 Å². The summed E-state index contributed by atoms with van der Waals surface area (Å²) in [7, 11) is 0. The lowest BCUT2D eigenvalue weighted by molar-refractivity contribution is 0.528. The first-order valence-corrected chi connectivity index (χ1v) is 10.1. The summed E-state index contributed by atoms with van der Waals surface area (Å²) >= 11 is 8.35. The third-order valence-corrected chi connectivity index (χ3v) is 7.06. The molecule has 0 N–H and O–H groups in total. The van der Waals surface area contributed by atoms with Gasteiger partial charge in [-0.15, -0.1) is 23.4 Å². The lowest BCUT2D eigenvalue weighted by Crippen LogP contribution is -2.34. The zero-order valence-electron chi connectivity index (χ0n) is 14.0. The van der Waals surface area contributed by atoms with Crippen molar-refractivity contribution in [2.45, 2.75) is 28.2 Å². The van der Waals surface area contributed by atoms with E-state index in [9.17, 15) is 0 Å². The van der Waals surface area contributed by atoms with Gasteiger partial charge in [0.25, 0.3) is 0 Å². The van der Waals surface area contributed by atoms with Gasteiger partial charge in [-0.25, -0.2) is 0 Å². The minimum atomic E-state index is -0.203. The zero-order chi connectivity index (χ0) is 17.1. The van der Waals surface area contributed by atoms with E-state index in [0.29, 0.717) is 10.6 Å². The van der Waals surface area contributed by atoms with Crippen molar-refractivity contribution in [1.82, 2.24) is 0 Å². The Kier molecular flexibility index (Phi) is 4.87. The summed E-state index contributed by atoms with van der Waals surface area (Å²) in [6.07, 6.45) is 2.17. The van der Waals surface area contributed by atoms with E-state index in [-0.39, 0.29) is 4.75 Å². The summed E-state index contributed by atoms with van der Waals surface area (Å²) in [5, 5.41) is 0.917. The van der Waals surface area contributed by atoms with Crippen molar-refractivity contribution >= 4 is 23.4 Å². The second-order valence-corrected chi connectivity index (χ2v) is 8.72. The summed E-state index contributed by atoms with van der Waals surface area (Å²) in [4.78, 5) is 0. The smallest absolute Gasteiger partial charge is 0.0909 e. The van der Waals surface area contributed by atoms with Gasteiger partial charge in [-0.05, 0) is 29.5 Å². The molecule has 0 amide bonds. The fraction of sp³-hybridized carbons (Fsp3) is 0.217. The van der Waals surface area contributed by atoms with Crippen LogP contribution in [0.5, 0.6) is 0 Å². The first kappa shape index (κ1) is 16.8. The summed E-state index contributed by atoms with van der Waals surface area (Å²) in [5.41, 5.74) is 3.99. The van der Waals surface area contributed by atoms with Crippen LogP contribution in [-0.4, -0.2) is 10.6 Å². The molecule has 0 saturated heterocycles. The Morgan fingerprint density at radius 2 is 1.00 bits per heavy atom. The highest BCUT2D eigenvalue weighted by molar-refractivity contribution is 8.01. The van der Waals surface area contributed by atoms with Gasteiger partial charge in [0.05, 0.1) is 4.75 Å². The van der Waals surface area contributed by atoms with Crippen LogP contribution in [0, 0.1) is 0 Å². The molecule has 25 heavy (non-hydrogen) atoms. The van der Waals surface area contributed by atoms with Gasteiger partial charge in [0.2, 0.25) is 0 Å². The van der Waals surface area contributed by atoms with E-state index in [2.05, 4.69) is 103 Å². The SMILES string of the molecule is ClC1CC(SC(c2ccccc2)(c2ccccc2)c2ccccc2)C1. The standard InChI is InChI=1S/C23H21ClS/c24-21-16-22(17-21)25-23(18-10-4-1-5-11-18,19-12-6-2-7-13-19)20-14-8-3-9-15-20/h1-15,21-22H,16-17H2. The van der Waals surface area contributed by atoms with Crippen LogP contribution in [-0.2, 0) is 4.75 Å². The Hall–Kier alpha value is -1.70. The topological polar surface area (TPSA) is 0 Å². The molecule has 1 fully saturated rings. The Bertz CT molecular complexity index is 699. The number of rotatable bonds is 5. The first-order chi connectivity index (χ1) is 12.3. The van der Waals surface area contributed by atoms with Gasteiger partial charge in [-0.2, -0.15) is 0 Å². The molecule has 0 unspecified atom stereocenters. The molecule has 1 aliphatic carbocycles. The van der Waals surface area contributed by atoms with Crippen LogP contribution >= 0.6 is 23.4 Å². The minimum Gasteiger partial charge on any atom is -0.137 e. The molecular weight excluding hydrogens is 344 g/mol. The predicted molar refractivity (Wildman–Crippen MR) is 109 cm³/mol. The Morgan fingerprint density at radius 3 is 1.32 bits per heavy atom. The van der Waals surface area contributed by atoms with E-state index in [4.69, 9.17) is 11.6 Å². The van der Waals surface area contributed by atoms with Crippen molar-refractivity contribution in [3.05, 3.63) is 108 Å². The molecule has 126 valence electrons. The Balaban J connectivity index is 1.91. The lowest BCUT2D eigenvalue weighted by Gasteiger charge is -2.42. The van der Waals surface area contributed by atoms with Crippen molar-refractivity contribution in [2.75, 3.05) is 0 Å². The molecule has 1 saturated carbocycles. The number of thioether (sulfide) groups is 1. The molecule has 0 bridgehead atoms. The molecule has 4 rings (SSSR count). The zero-order valence-corrected chi connectivity index (χ0v) is 15.6. The quantitative estimate of drug-likeness (QED) is 0.368. The Labute approximate surface area is 159 Å². The largest absolute Gasteiger partial charge is 0.137 e. The van der Waals surface area contributed by atoms with Gasteiger partial charge in [0.1, 0.15) is 0 Å². The number of benzene rings is 3. The van der Waals surface area contributed by atoms with Gasteiger partial charge in [-0.1, -0.05) is 91.0 Å². The number of hydrogen-bond donors (Lipinski definition) is 0. The maximum Gasteiger partial charge on any atom is 0.0909 e. The van der Waals surface area contributed by atoms with E-state index in [1.807, 2.05) is 0 Å². The van der Waals surface area contributed by atoms with E-state index >= 15 is 0 Å². The average Bonchev–Trinajstić information content (AvgIpc) is 2.66. The van der Waals surface area contributed by atoms with Crippen molar-refractivity contribution in [3.8, 4) is 0 Å². The summed E-state index contributed by atoms with van der Waals surface area (Å²) in [6, 6.07) is 32.6. The summed E-state index contributed by atoms with van der Waals surface area (Å²) < 4.78 is -0.203. The third kappa shape index (κ3) is 3.23. The molecule has 0 aliphatic heterocycles. The van der Waals surface area contributed by atoms with Crippen LogP contribution in [0.25, 0.3) is 0 Å². The number of hydrogen-bond acceptors (Lipinski definition) is 1. The molecule has 2 heteroatoms. The highest BCUT2D eigenvalue weighted by atomic mass is 35.5. The maximum absolute atomic E-state index is 6.30. The third-order valence-electron chi connectivity index (χ3n) is 4.92. The summed E-state index contributed by atoms with van der Waals surface area (Å²) in [6.45, 7) is 0. The van der Waals surface area contributed by atoms with E-state index in [1.54, 1.807) is 0 Å². The van der Waals surface area contributed by atoms with Crippen molar-refractivity contribution in [1.29, 1.82) is 0 Å². The van der Waals surface area contributed by atoms with Crippen LogP contribution in [0.1, 0.15) is 29.5 Å². The predicted octanol–water partition coefficient (Wildman–Crippen LogP) is 6.48. The minimum absolute atomic E-state index is 0.203. The highest BCUT2D eigenvalue weighted by Gasteiger charge is 2.42. The van der Waals surface area contributed by atoms with E-state index in [0.717, 1.165) is 12.8 Å². The van der Waals surface area contributed by atoms with Crippen LogP contribution in [0.3, 0.4) is 0 Å². The van der Waals surface area contributed by atoms with Crippen molar-refractivity contribution in [2.24, 2.45) is 0 Å². The van der Waals surface area contributed by atoms with Crippen LogP contribution in [0.2, 0.25) is 0 Å². The number of halogens is 1. The molecular formula is C23H21ClS. The van der Waals surface area contributed by atoms with Crippen LogP contribution in [0.15, 0.2) is 91.0 Å². The molecule has 0 aromatic heterocycles. The molecule has 1 aliphatic rings. The maximum atomic E-state index is 6.30. The Morgan fingerprint density at radius 1 is 0.640 bits per heavy atom. The summed E-state index contributed by atoms with van der Waals surface area (Å²) in [5.74, 6) is 0. The van der Waals surface area contributed by atoms with Gasteiger partial charge in [-0.3, -0.25) is 0 Å². The average molecular weight is 365 g/mol. The molecule has 0 radical (unpaired) electrons. The molecule has 3 aromatic carbocycles. The van der Waals surface area contributed by atoms with Gasteiger partial charge in [0.15, 0.2) is 0 Å². The van der Waals surface area contributed by atoms with E-state index < -0.39 is 0 Å². The molecule has 0 heterocycles. The van der Waals surface area contributed by atoms with Crippen LogP contribution in [0.4, 0.5) is 0 Å². The van der Waals surface area contributed by atoms with Crippen molar-refractivity contribution < 1.29 is 0 Å². The molecule has 0 nitrogen and oxygen atoms in total. The second-order valence-electron chi connectivity index (χ2n) is 6.59. The van der Waals surface area contributed by atoms with Crippen molar-refractivity contribution in [3.63, 3.8) is 0 Å². The molecule has 0 spiro atoms.